The van der Waals surface area contributed by atoms with Crippen molar-refractivity contribution in [3.63, 3.8) is 0 Å². The van der Waals surface area contributed by atoms with Crippen molar-refractivity contribution in [2.24, 2.45) is 5.73 Å². The molecular weight excluding hydrogens is 244 g/mol. The van der Waals surface area contributed by atoms with Crippen molar-refractivity contribution in [2.75, 3.05) is 26.2 Å². The molecule has 0 amide bonds. The lowest BCUT2D eigenvalue weighted by atomic mass is 10.3. The molecule has 0 aliphatic heterocycles. The Morgan fingerprint density at radius 2 is 2.06 bits per heavy atom. The van der Waals surface area contributed by atoms with Gasteiger partial charge in [-0.25, -0.2) is 0 Å². The highest BCUT2D eigenvalue weighted by Crippen LogP contribution is 2.01. The second-order valence-electron chi connectivity index (χ2n) is 3.53. The average molecular weight is 264 g/mol. The zero-order valence-corrected chi connectivity index (χ0v) is 10.3. The fourth-order valence-corrected chi connectivity index (χ4v) is 1.07. The van der Waals surface area contributed by atoms with Crippen molar-refractivity contribution in [3.8, 4) is 0 Å². The van der Waals surface area contributed by atoms with E-state index in [0.717, 1.165) is 6.92 Å². The van der Waals surface area contributed by atoms with E-state index in [0.29, 0.717) is 19.5 Å². The Morgan fingerprint density at radius 3 is 2.56 bits per heavy atom. The minimum absolute atomic E-state index is 0.102. The molecule has 0 saturated carbocycles. The van der Waals surface area contributed by atoms with Gasteiger partial charge in [-0.15, -0.1) is 0 Å². The van der Waals surface area contributed by atoms with Gasteiger partial charge in [0.15, 0.2) is 6.10 Å². The van der Waals surface area contributed by atoms with Gasteiger partial charge in [0.25, 0.3) is 0 Å². The number of aliphatic hydroxyl groups excluding tert-OH is 2. The van der Waals surface area contributed by atoms with Crippen LogP contribution in [0.4, 0.5) is 0 Å². The summed E-state index contributed by atoms with van der Waals surface area (Å²) in [7, 11) is 0. The maximum Gasteiger partial charge on any atom is 0.322 e. The van der Waals surface area contributed by atoms with Gasteiger partial charge in [0, 0.05) is 6.92 Å². The summed E-state index contributed by atoms with van der Waals surface area (Å²) in [4.78, 5) is 21.9. The molecule has 106 valence electrons. The summed E-state index contributed by atoms with van der Waals surface area (Å²) in [6, 6.07) is 0. The monoisotopic (exact) mass is 264 g/mol. The molecule has 0 saturated heterocycles. The van der Waals surface area contributed by atoms with E-state index in [1.807, 2.05) is 0 Å². The van der Waals surface area contributed by atoms with Gasteiger partial charge < -0.3 is 30.7 Å². The second kappa shape index (κ2) is 9.77. The van der Waals surface area contributed by atoms with Crippen LogP contribution < -0.4 is 11.1 Å². The molecule has 0 radical (unpaired) electrons. The SMILES string of the molecule is CC(=O)OC(CO)C(O)OC(=O)CNCCCN. The standard InChI is InChI=1S/C10H20N2O6/c1-7(14)17-8(6-13)10(16)18-9(15)5-12-4-2-3-11/h8,10,12-13,16H,2-6,11H2,1H3. The second-order valence-corrected chi connectivity index (χ2v) is 3.53. The first-order chi connectivity index (χ1) is 8.51. The molecule has 2 atom stereocenters. The first kappa shape index (κ1) is 16.8. The molecule has 8 nitrogen and oxygen atoms in total. The number of esters is 2. The van der Waals surface area contributed by atoms with Crippen molar-refractivity contribution in [1.29, 1.82) is 0 Å². The summed E-state index contributed by atoms with van der Waals surface area (Å²) < 4.78 is 9.12. The molecular formula is C10H20N2O6. The topological polar surface area (TPSA) is 131 Å². The van der Waals surface area contributed by atoms with E-state index in [1.54, 1.807) is 0 Å². The average Bonchev–Trinajstić information content (AvgIpc) is 2.31. The van der Waals surface area contributed by atoms with Crippen molar-refractivity contribution in [3.05, 3.63) is 0 Å². The fourth-order valence-electron chi connectivity index (χ4n) is 1.07. The highest BCUT2D eigenvalue weighted by atomic mass is 16.7. The first-order valence-electron chi connectivity index (χ1n) is 5.57. The van der Waals surface area contributed by atoms with Gasteiger partial charge in [0.05, 0.1) is 13.2 Å². The lowest BCUT2D eigenvalue weighted by Crippen LogP contribution is -2.39. The highest BCUT2D eigenvalue weighted by Gasteiger charge is 2.24. The molecule has 0 rings (SSSR count). The number of hydrogen-bond acceptors (Lipinski definition) is 8. The molecule has 8 heteroatoms. The molecule has 0 aliphatic carbocycles. The van der Waals surface area contributed by atoms with Crippen LogP contribution in [0.5, 0.6) is 0 Å². The third-order valence-corrected chi connectivity index (χ3v) is 1.89. The number of carbonyl (C=O) groups excluding carboxylic acids is 2. The Hall–Kier alpha value is -1.22. The van der Waals surface area contributed by atoms with E-state index < -0.39 is 30.9 Å². The number of nitrogens with one attached hydrogen (secondary N) is 1. The van der Waals surface area contributed by atoms with E-state index in [1.165, 1.54) is 0 Å². The van der Waals surface area contributed by atoms with Crippen LogP contribution >= 0.6 is 0 Å². The molecule has 0 bridgehead atoms. The highest BCUT2D eigenvalue weighted by molar-refractivity contribution is 5.71. The fraction of sp³-hybridized carbons (Fsp3) is 0.800. The Bertz CT molecular complexity index is 261. The van der Waals surface area contributed by atoms with Crippen LogP contribution in [0.1, 0.15) is 13.3 Å². The lowest BCUT2D eigenvalue weighted by Gasteiger charge is -2.20. The number of nitrogens with two attached hydrogens (primary N) is 1. The molecule has 0 aromatic heterocycles. The first-order valence-corrected chi connectivity index (χ1v) is 5.57. The van der Waals surface area contributed by atoms with Gasteiger partial charge >= 0.3 is 11.9 Å². The van der Waals surface area contributed by atoms with E-state index in [4.69, 9.17) is 10.8 Å². The van der Waals surface area contributed by atoms with E-state index in [9.17, 15) is 14.7 Å². The predicted molar refractivity (Wildman–Crippen MR) is 61.3 cm³/mol. The van der Waals surface area contributed by atoms with Crippen LogP contribution in [-0.4, -0.2) is 60.8 Å². The van der Waals surface area contributed by atoms with Crippen LogP contribution in [0.25, 0.3) is 0 Å². The Balaban J connectivity index is 3.92. The minimum Gasteiger partial charge on any atom is -0.453 e. The van der Waals surface area contributed by atoms with Gasteiger partial charge in [-0.3, -0.25) is 9.59 Å². The normalized spacial score (nSPS) is 13.8. The van der Waals surface area contributed by atoms with Crippen molar-refractivity contribution >= 4 is 11.9 Å². The van der Waals surface area contributed by atoms with E-state index >= 15 is 0 Å². The van der Waals surface area contributed by atoms with Gasteiger partial charge in [-0.2, -0.15) is 0 Å². The van der Waals surface area contributed by atoms with Gasteiger partial charge in [-0.05, 0) is 19.5 Å². The van der Waals surface area contributed by atoms with Gasteiger partial charge in [0.2, 0.25) is 6.29 Å². The summed E-state index contributed by atoms with van der Waals surface area (Å²) >= 11 is 0. The number of carbonyl (C=O) groups is 2. The van der Waals surface area contributed by atoms with E-state index in [2.05, 4.69) is 14.8 Å². The third-order valence-electron chi connectivity index (χ3n) is 1.89. The summed E-state index contributed by atoms with van der Waals surface area (Å²) in [6.07, 6.45) is -2.26. The predicted octanol–water partition coefficient (Wildman–Crippen LogP) is -2.29. The molecule has 0 heterocycles. The van der Waals surface area contributed by atoms with Crippen LogP contribution in [0.2, 0.25) is 0 Å². The summed E-state index contributed by atoms with van der Waals surface area (Å²) in [5.41, 5.74) is 5.26. The zero-order valence-electron chi connectivity index (χ0n) is 10.3. The minimum atomic E-state index is -1.69. The molecule has 0 aromatic rings. The molecule has 18 heavy (non-hydrogen) atoms. The lowest BCUT2D eigenvalue weighted by molar-refractivity contribution is -0.201. The number of hydrogen-bond donors (Lipinski definition) is 4. The van der Waals surface area contributed by atoms with Crippen LogP contribution in [-0.2, 0) is 19.1 Å². The molecule has 0 spiro atoms. The Labute approximate surface area is 105 Å². The maximum atomic E-state index is 11.2. The van der Waals surface area contributed by atoms with Gasteiger partial charge in [-0.1, -0.05) is 0 Å². The molecule has 0 aliphatic rings. The molecule has 2 unspecified atom stereocenters. The van der Waals surface area contributed by atoms with Crippen LogP contribution in [0.15, 0.2) is 0 Å². The zero-order chi connectivity index (χ0) is 14.0. The van der Waals surface area contributed by atoms with Crippen molar-refractivity contribution in [2.45, 2.75) is 25.7 Å². The van der Waals surface area contributed by atoms with Crippen LogP contribution in [0.3, 0.4) is 0 Å². The summed E-state index contributed by atoms with van der Waals surface area (Å²) in [5, 5.41) is 21.0. The van der Waals surface area contributed by atoms with Crippen molar-refractivity contribution < 1.29 is 29.3 Å². The quantitative estimate of drug-likeness (QED) is 0.208. The smallest absolute Gasteiger partial charge is 0.322 e. The number of rotatable bonds is 9. The molecule has 0 aromatic carbocycles. The largest absolute Gasteiger partial charge is 0.453 e. The van der Waals surface area contributed by atoms with Crippen LogP contribution in [0, 0.1) is 0 Å². The summed E-state index contributed by atoms with van der Waals surface area (Å²) in [6.45, 7) is 1.42. The third kappa shape index (κ3) is 7.96. The number of aliphatic hydroxyl groups is 2. The van der Waals surface area contributed by atoms with Crippen molar-refractivity contribution in [1.82, 2.24) is 5.32 Å². The van der Waals surface area contributed by atoms with Gasteiger partial charge in [0.1, 0.15) is 0 Å². The number of ether oxygens (including phenoxy) is 2. The molecule has 5 N–H and O–H groups in total. The Kier molecular flexibility index (Phi) is 9.11. The summed E-state index contributed by atoms with van der Waals surface area (Å²) in [5.74, 6) is -1.41. The maximum absolute atomic E-state index is 11.2. The Morgan fingerprint density at radius 1 is 1.39 bits per heavy atom. The van der Waals surface area contributed by atoms with E-state index in [-0.39, 0.29) is 6.54 Å². The molecule has 0 fully saturated rings.